The van der Waals surface area contributed by atoms with Gasteiger partial charge < -0.3 is 9.84 Å². The number of aromatic nitrogens is 1. The Kier molecular flexibility index (Phi) is 4.04. The first-order valence-corrected chi connectivity index (χ1v) is 5.90. The van der Waals surface area contributed by atoms with Crippen molar-refractivity contribution >= 4 is 17.6 Å². The molecule has 0 saturated carbocycles. The fourth-order valence-corrected chi connectivity index (χ4v) is 1.67. The van der Waals surface area contributed by atoms with Gasteiger partial charge in [-0.2, -0.15) is 13.2 Å². The number of pyridine rings is 1. The fraction of sp³-hybridized carbons (Fsp3) is 0.0769. The lowest BCUT2D eigenvalue weighted by Gasteiger charge is -2.10. The van der Waals surface area contributed by atoms with Crippen LogP contribution in [0.15, 0.2) is 36.4 Å². The third-order valence-electron chi connectivity index (χ3n) is 2.41. The summed E-state index contributed by atoms with van der Waals surface area (Å²) < 4.78 is 42.8. The lowest BCUT2D eigenvalue weighted by Crippen LogP contribution is -2.05. The second-order valence-electron chi connectivity index (χ2n) is 3.91. The number of hydrogen-bond acceptors (Lipinski definition) is 3. The van der Waals surface area contributed by atoms with Crippen LogP contribution in [-0.4, -0.2) is 16.1 Å². The molecule has 0 aliphatic heterocycles. The van der Waals surface area contributed by atoms with Gasteiger partial charge in [-0.25, -0.2) is 9.78 Å². The molecular weight excluding hydrogens is 311 g/mol. The fourth-order valence-electron chi connectivity index (χ4n) is 1.49. The largest absolute Gasteiger partial charge is 0.476 e. The predicted octanol–water partition coefficient (Wildman–Crippen LogP) is 4.24. The topological polar surface area (TPSA) is 59.4 Å². The number of carbonyl (C=O) groups is 1. The Morgan fingerprint density at radius 1 is 1.24 bits per heavy atom. The predicted molar refractivity (Wildman–Crippen MR) is 67.7 cm³/mol. The first-order chi connectivity index (χ1) is 9.77. The number of ether oxygens (including phenoxy) is 1. The smallest absolute Gasteiger partial charge is 0.416 e. The minimum absolute atomic E-state index is 0.0982. The molecule has 0 saturated heterocycles. The molecule has 0 atom stereocenters. The molecule has 0 unspecified atom stereocenters. The van der Waals surface area contributed by atoms with Crippen LogP contribution in [0.4, 0.5) is 13.2 Å². The highest BCUT2D eigenvalue weighted by molar-refractivity contribution is 6.33. The maximum Gasteiger partial charge on any atom is 0.416 e. The van der Waals surface area contributed by atoms with Gasteiger partial charge in [-0.05, 0) is 24.3 Å². The van der Waals surface area contributed by atoms with E-state index in [0.29, 0.717) is 0 Å². The normalized spacial score (nSPS) is 11.2. The lowest BCUT2D eigenvalue weighted by atomic mass is 10.2. The number of nitrogens with zero attached hydrogens (tertiary/aromatic N) is 1. The third-order valence-corrected chi connectivity index (χ3v) is 2.71. The van der Waals surface area contributed by atoms with Gasteiger partial charge in [0.15, 0.2) is 5.69 Å². The summed E-state index contributed by atoms with van der Waals surface area (Å²) in [4.78, 5) is 14.5. The molecule has 1 aromatic heterocycles. The van der Waals surface area contributed by atoms with Crippen LogP contribution < -0.4 is 4.74 Å². The molecule has 21 heavy (non-hydrogen) atoms. The van der Waals surface area contributed by atoms with Gasteiger partial charge in [0.25, 0.3) is 0 Å². The summed E-state index contributed by atoms with van der Waals surface area (Å²) >= 11 is 5.63. The van der Waals surface area contributed by atoms with Gasteiger partial charge in [0.1, 0.15) is 5.75 Å². The van der Waals surface area contributed by atoms with Crippen molar-refractivity contribution in [2.75, 3.05) is 0 Å². The second-order valence-corrected chi connectivity index (χ2v) is 4.32. The molecule has 0 fully saturated rings. The van der Waals surface area contributed by atoms with Crippen LogP contribution in [0.25, 0.3) is 0 Å². The van der Waals surface area contributed by atoms with Crippen LogP contribution in [0.2, 0.25) is 5.02 Å². The number of carboxylic acids is 1. The Hall–Kier alpha value is -2.28. The number of hydrogen-bond donors (Lipinski definition) is 1. The van der Waals surface area contributed by atoms with Gasteiger partial charge in [0.05, 0.1) is 10.6 Å². The highest BCUT2D eigenvalue weighted by atomic mass is 35.5. The van der Waals surface area contributed by atoms with Gasteiger partial charge >= 0.3 is 12.1 Å². The SMILES string of the molecule is O=C(O)c1nc(Oc2cccc(C(F)(F)F)c2)ccc1Cl. The Labute approximate surface area is 121 Å². The van der Waals surface area contributed by atoms with Crippen molar-refractivity contribution < 1.29 is 27.8 Å². The highest BCUT2D eigenvalue weighted by Gasteiger charge is 2.30. The zero-order chi connectivity index (χ0) is 15.6. The van der Waals surface area contributed by atoms with E-state index in [1.54, 1.807) is 0 Å². The maximum atomic E-state index is 12.6. The van der Waals surface area contributed by atoms with E-state index >= 15 is 0 Å². The van der Waals surface area contributed by atoms with Gasteiger partial charge in [-0.3, -0.25) is 0 Å². The van der Waals surface area contributed by atoms with Crippen LogP contribution in [0.3, 0.4) is 0 Å². The molecule has 1 heterocycles. The minimum atomic E-state index is -4.50. The molecule has 4 nitrogen and oxygen atoms in total. The van der Waals surface area contributed by atoms with Crippen LogP contribution >= 0.6 is 11.6 Å². The van der Waals surface area contributed by atoms with Crippen molar-refractivity contribution in [2.45, 2.75) is 6.18 Å². The molecule has 0 spiro atoms. The van der Waals surface area contributed by atoms with Gasteiger partial charge in [0.2, 0.25) is 5.88 Å². The number of carboxylic acid groups (broad SMARTS) is 1. The molecule has 1 aromatic carbocycles. The monoisotopic (exact) mass is 317 g/mol. The molecule has 1 N–H and O–H groups in total. The summed E-state index contributed by atoms with van der Waals surface area (Å²) in [6.45, 7) is 0. The highest BCUT2D eigenvalue weighted by Crippen LogP contribution is 2.32. The van der Waals surface area contributed by atoms with E-state index in [2.05, 4.69) is 4.98 Å². The van der Waals surface area contributed by atoms with Crippen molar-refractivity contribution in [3.05, 3.63) is 52.7 Å². The van der Waals surface area contributed by atoms with Crippen molar-refractivity contribution in [1.29, 1.82) is 0 Å². The van der Waals surface area contributed by atoms with E-state index in [1.165, 1.54) is 24.3 Å². The van der Waals surface area contributed by atoms with Crippen LogP contribution in [0, 0.1) is 0 Å². The van der Waals surface area contributed by atoms with E-state index in [1.807, 2.05) is 0 Å². The molecular formula is C13H7ClF3NO3. The van der Waals surface area contributed by atoms with E-state index in [9.17, 15) is 18.0 Å². The number of aromatic carboxylic acids is 1. The lowest BCUT2D eigenvalue weighted by molar-refractivity contribution is -0.137. The van der Waals surface area contributed by atoms with Crippen molar-refractivity contribution in [2.24, 2.45) is 0 Å². The zero-order valence-corrected chi connectivity index (χ0v) is 10.9. The van der Waals surface area contributed by atoms with Crippen LogP contribution in [-0.2, 0) is 6.18 Å². The van der Waals surface area contributed by atoms with E-state index in [4.69, 9.17) is 21.4 Å². The van der Waals surface area contributed by atoms with Crippen molar-refractivity contribution in [3.8, 4) is 11.6 Å². The van der Waals surface area contributed by atoms with Crippen molar-refractivity contribution in [3.63, 3.8) is 0 Å². The molecule has 0 amide bonds. The zero-order valence-electron chi connectivity index (χ0n) is 10.2. The molecule has 0 bridgehead atoms. The van der Waals surface area contributed by atoms with E-state index in [0.717, 1.165) is 12.1 Å². The average Bonchev–Trinajstić information content (AvgIpc) is 2.40. The standard InChI is InChI=1S/C13H7ClF3NO3/c14-9-4-5-10(18-11(9)12(19)20)21-8-3-1-2-7(6-8)13(15,16)17/h1-6H,(H,19,20). The number of alkyl halides is 3. The van der Waals surface area contributed by atoms with Crippen molar-refractivity contribution in [1.82, 2.24) is 4.98 Å². The molecule has 110 valence electrons. The Bertz CT molecular complexity index is 689. The second kappa shape index (κ2) is 5.61. The van der Waals surface area contributed by atoms with E-state index < -0.39 is 23.4 Å². The Balaban J connectivity index is 2.31. The number of benzene rings is 1. The summed E-state index contributed by atoms with van der Waals surface area (Å²) in [6, 6.07) is 6.65. The van der Waals surface area contributed by atoms with Crippen LogP contribution in [0.5, 0.6) is 11.6 Å². The number of halogens is 4. The summed E-state index contributed by atoms with van der Waals surface area (Å²) in [5, 5.41) is 8.76. The first-order valence-electron chi connectivity index (χ1n) is 5.52. The summed E-state index contributed by atoms with van der Waals surface area (Å²) in [7, 11) is 0. The summed E-state index contributed by atoms with van der Waals surface area (Å²) in [6.07, 6.45) is -4.50. The minimum Gasteiger partial charge on any atom is -0.476 e. The summed E-state index contributed by atoms with van der Waals surface area (Å²) in [5.41, 5.74) is -1.33. The molecule has 2 rings (SSSR count). The third kappa shape index (κ3) is 3.63. The molecule has 0 aliphatic rings. The molecule has 2 aromatic rings. The Morgan fingerprint density at radius 2 is 1.95 bits per heavy atom. The maximum absolute atomic E-state index is 12.6. The van der Waals surface area contributed by atoms with Gasteiger partial charge in [0, 0.05) is 6.07 Å². The van der Waals surface area contributed by atoms with Crippen LogP contribution in [0.1, 0.15) is 16.1 Å². The summed E-state index contributed by atoms with van der Waals surface area (Å²) in [5.74, 6) is -1.65. The average molecular weight is 318 g/mol. The quantitative estimate of drug-likeness (QED) is 0.919. The molecule has 8 heteroatoms. The molecule has 0 aliphatic carbocycles. The van der Waals surface area contributed by atoms with Gasteiger partial charge in [-0.1, -0.05) is 17.7 Å². The first kappa shape index (κ1) is 15.1. The Morgan fingerprint density at radius 3 is 2.57 bits per heavy atom. The van der Waals surface area contributed by atoms with E-state index in [-0.39, 0.29) is 16.7 Å². The molecule has 0 radical (unpaired) electrons. The number of rotatable bonds is 3. The van der Waals surface area contributed by atoms with Gasteiger partial charge in [-0.15, -0.1) is 0 Å².